The van der Waals surface area contributed by atoms with Gasteiger partial charge in [-0.15, -0.1) is 0 Å². The van der Waals surface area contributed by atoms with E-state index >= 15 is 0 Å². The lowest BCUT2D eigenvalue weighted by atomic mass is 10.0. The zero-order valence-electron chi connectivity index (χ0n) is 10.8. The van der Waals surface area contributed by atoms with E-state index in [2.05, 4.69) is 15.9 Å². The van der Waals surface area contributed by atoms with E-state index < -0.39 is 6.10 Å². The minimum absolute atomic E-state index is 0.0839. The number of fused-ring (bicyclic) bond motifs is 1. The number of benzene rings is 2. The summed E-state index contributed by atoms with van der Waals surface area (Å²) >= 11 is 3.41. The lowest BCUT2D eigenvalue weighted by molar-refractivity contribution is 0.124. The second kappa shape index (κ2) is 5.85. The van der Waals surface area contributed by atoms with Gasteiger partial charge in [0.15, 0.2) is 0 Å². The number of hydrogen-bond donors (Lipinski definition) is 1. The van der Waals surface area contributed by atoms with Crippen molar-refractivity contribution in [1.82, 2.24) is 0 Å². The molecule has 0 spiro atoms. The van der Waals surface area contributed by atoms with E-state index in [0.717, 1.165) is 22.6 Å². The Morgan fingerprint density at radius 3 is 2.80 bits per heavy atom. The monoisotopic (exact) mass is 334 g/mol. The fraction of sp³-hybridized carbons (Fsp3) is 0.250. The van der Waals surface area contributed by atoms with Crippen LogP contribution in [0.25, 0.3) is 0 Å². The van der Waals surface area contributed by atoms with Crippen molar-refractivity contribution in [2.45, 2.75) is 17.5 Å². The minimum Gasteiger partial charge on any atom is -0.492 e. The van der Waals surface area contributed by atoms with E-state index in [4.69, 9.17) is 9.47 Å². The molecule has 0 saturated heterocycles. The Morgan fingerprint density at radius 1 is 1.20 bits per heavy atom. The maximum absolute atomic E-state index is 10.2. The molecule has 1 aliphatic heterocycles. The SMILES string of the molecule is OC1c2cc(OCc3ccccc3)ccc2OCC1Br. The highest BCUT2D eigenvalue weighted by Crippen LogP contribution is 2.37. The minimum atomic E-state index is -0.570. The molecule has 4 heteroatoms. The van der Waals surface area contributed by atoms with Crippen LogP contribution in [0.15, 0.2) is 48.5 Å². The van der Waals surface area contributed by atoms with Crippen molar-refractivity contribution in [2.24, 2.45) is 0 Å². The summed E-state index contributed by atoms with van der Waals surface area (Å²) in [7, 11) is 0. The highest BCUT2D eigenvalue weighted by atomic mass is 79.9. The topological polar surface area (TPSA) is 38.7 Å². The van der Waals surface area contributed by atoms with E-state index in [-0.39, 0.29) is 4.83 Å². The van der Waals surface area contributed by atoms with Crippen LogP contribution in [0.5, 0.6) is 11.5 Å². The fourth-order valence-corrected chi connectivity index (χ4v) is 2.59. The summed E-state index contributed by atoms with van der Waals surface area (Å²) < 4.78 is 11.3. The van der Waals surface area contributed by atoms with Gasteiger partial charge in [-0.25, -0.2) is 0 Å². The molecule has 0 aliphatic carbocycles. The summed E-state index contributed by atoms with van der Waals surface area (Å²) in [4.78, 5) is -0.0839. The number of rotatable bonds is 3. The second-order valence-corrected chi connectivity index (χ2v) is 5.92. The molecule has 2 atom stereocenters. The van der Waals surface area contributed by atoms with Crippen LogP contribution < -0.4 is 9.47 Å². The molecule has 0 aromatic heterocycles. The van der Waals surface area contributed by atoms with Crippen molar-refractivity contribution in [3.8, 4) is 11.5 Å². The van der Waals surface area contributed by atoms with Gasteiger partial charge in [0, 0.05) is 5.56 Å². The fourth-order valence-electron chi connectivity index (χ4n) is 2.18. The first-order valence-corrected chi connectivity index (χ1v) is 7.41. The summed E-state index contributed by atoms with van der Waals surface area (Å²) in [6, 6.07) is 15.5. The quantitative estimate of drug-likeness (QED) is 0.873. The van der Waals surface area contributed by atoms with E-state index in [0.29, 0.717) is 13.2 Å². The molecule has 3 nitrogen and oxygen atoms in total. The van der Waals surface area contributed by atoms with Crippen LogP contribution in [0.1, 0.15) is 17.2 Å². The first kappa shape index (κ1) is 13.5. The Labute approximate surface area is 126 Å². The van der Waals surface area contributed by atoms with Gasteiger partial charge in [0.2, 0.25) is 0 Å². The molecule has 2 unspecified atom stereocenters. The van der Waals surface area contributed by atoms with E-state index in [1.807, 2.05) is 48.5 Å². The molecule has 104 valence electrons. The third-order valence-electron chi connectivity index (χ3n) is 3.29. The average molecular weight is 335 g/mol. The number of aliphatic hydroxyl groups is 1. The van der Waals surface area contributed by atoms with Gasteiger partial charge < -0.3 is 14.6 Å². The molecule has 2 aromatic carbocycles. The van der Waals surface area contributed by atoms with Crippen molar-refractivity contribution >= 4 is 15.9 Å². The van der Waals surface area contributed by atoms with Crippen LogP contribution in [-0.2, 0) is 6.61 Å². The van der Waals surface area contributed by atoms with Gasteiger partial charge in [-0.1, -0.05) is 46.3 Å². The van der Waals surface area contributed by atoms with Gasteiger partial charge in [0.05, 0.1) is 10.9 Å². The van der Waals surface area contributed by atoms with E-state index in [1.165, 1.54) is 0 Å². The Bertz CT molecular complexity index is 586. The summed E-state index contributed by atoms with van der Waals surface area (Å²) in [6.45, 7) is 0.979. The normalized spacial score (nSPS) is 20.9. The molecule has 1 heterocycles. The van der Waals surface area contributed by atoms with Crippen LogP contribution >= 0.6 is 15.9 Å². The zero-order chi connectivity index (χ0) is 13.9. The molecular weight excluding hydrogens is 320 g/mol. The van der Waals surface area contributed by atoms with Crippen LogP contribution in [0.2, 0.25) is 0 Å². The number of aliphatic hydroxyl groups excluding tert-OH is 1. The molecule has 2 aromatic rings. The molecule has 1 N–H and O–H groups in total. The maximum Gasteiger partial charge on any atom is 0.125 e. The molecule has 0 fully saturated rings. The van der Waals surface area contributed by atoms with Crippen molar-refractivity contribution in [3.05, 3.63) is 59.7 Å². The molecule has 20 heavy (non-hydrogen) atoms. The molecular formula is C16H15BrO3. The molecule has 0 amide bonds. The highest BCUT2D eigenvalue weighted by molar-refractivity contribution is 9.09. The number of alkyl halides is 1. The van der Waals surface area contributed by atoms with Crippen LogP contribution in [-0.4, -0.2) is 16.5 Å². The van der Waals surface area contributed by atoms with Gasteiger partial charge in [0.1, 0.15) is 24.7 Å². The Morgan fingerprint density at radius 2 is 2.00 bits per heavy atom. The molecule has 1 aliphatic rings. The van der Waals surface area contributed by atoms with Gasteiger partial charge >= 0.3 is 0 Å². The van der Waals surface area contributed by atoms with Crippen LogP contribution in [0.3, 0.4) is 0 Å². The van der Waals surface area contributed by atoms with Crippen molar-refractivity contribution in [2.75, 3.05) is 6.61 Å². The lowest BCUT2D eigenvalue weighted by Crippen LogP contribution is -2.25. The molecule has 3 rings (SSSR count). The van der Waals surface area contributed by atoms with Crippen molar-refractivity contribution in [3.63, 3.8) is 0 Å². The first-order valence-electron chi connectivity index (χ1n) is 6.49. The summed E-state index contributed by atoms with van der Waals surface area (Å²) in [5.41, 5.74) is 1.88. The van der Waals surface area contributed by atoms with Gasteiger partial charge in [0.25, 0.3) is 0 Å². The lowest BCUT2D eigenvalue weighted by Gasteiger charge is -2.27. The Hall–Kier alpha value is -1.52. The molecule has 0 radical (unpaired) electrons. The zero-order valence-corrected chi connectivity index (χ0v) is 12.4. The predicted octanol–water partition coefficient (Wildman–Crippen LogP) is 3.45. The van der Waals surface area contributed by atoms with Gasteiger partial charge in [-0.05, 0) is 23.8 Å². The highest BCUT2D eigenvalue weighted by Gasteiger charge is 2.27. The van der Waals surface area contributed by atoms with Gasteiger partial charge in [-0.3, -0.25) is 0 Å². The smallest absolute Gasteiger partial charge is 0.125 e. The maximum atomic E-state index is 10.2. The van der Waals surface area contributed by atoms with Crippen LogP contribution in [0.4, 0.5) is 0 Å². The number of halogens is 1. The van der Waals surface area contributed by atoms with E-state index in [1.54, 1.807) is 0 Å². The molecule has 0 saturated carbocycles. The second-order valence-electron chi connectivity index (χ2n) is 4.75. The number of hydrogen-bond acceptors (Lipinski definition) is 3. The summed E-state index contributed by atoms with van der Waals surface area (Å²) in [5.74, 6) is 1.46. The van der Waals surface area contributed by atoms with Gasteiger partial charge in [-0.2, -0.15) is 0 Å². The summed E-state index contributed by atoms with van der Waals surface area (Å²) in [5, 5.41) is 10.2. The standard InChI is InChI=1S/C16H15BrO3/c17-14-10-20-15-7-6-12(8-13(15)16(14)18)19-9-11-4-2-1-3-5-11/h1-8,14,16,18H,9-10H2. The largest absolute Gasteiger partial charge is 0.492 e. The van der Waals surface area contributed by atoms with E-state index in [9.17, 15) is 5.11 Å². The Balaban J connectivity index is 1.75. The van der Waals surface area contributed by atoms with Crippen LogP contribution in [0, 0.1) is 0 Å². The third-order valence-corrected chi connectivity index (χ3v) is 4.05. The third kappa shape index (κ3) is 2.81. The summed E-state index contributed by atoms with van der Waals surface area (Å²) in [6.07, 6.45) is -0.570. The van der Waals surface area contributed by atoms with Crippen molar-refractivity contribution in [1.29, 1.82) is 0 Å². The first-order chi connectivity index (χ1) is 9.74. The molecule has 0 bridgehead atoms. The number of ether oxygens (including phenoxy) is 2. The average Bonchev–Trinajstić information content (AvgIpc) is 2.50. The Kier molecular flexibility index (Phi) is 3.94. The predicted molar refractivity (Wildman–Crippen MR) is 80.4 cm³/mol. The van der Waals surface area contributed by atoms with Crippen molar-refractivity contribution < 1.29 is 14.6 Å².